The van der Waals surface area contributed by atoms with E-state index in [0.717, 1.165) is 0 Å². The molecule has 6 amide bonds. The fourth-order valence-electron chi connectivity index (χ4n) is 4.50. The number of unbranched alkanes of at least 4 members (excludes halogenated alkanes) is 1. The van der Waals surface area contributed by atoms with Crippen LogP contribution in [-0.2, 0) is 62.1 Å². The molecule has 3 unspecified atom stereocenters. The maximum Gasteiger partial charge on any atom is 0.326 e. The van der Waals surface area contributed by atoms with E-state index in [9.17, 15) is 53.4 Å². The smallest absolute Gasteiger partial charge is 0.326 e. The van der Waals surface area contributed by atoms with E-state index in [2.05, 4.69) is 32.0 Å². The van der Waals surface area contributed by atoms with Crippen LogP contribution in [0.1, 0.15) is 64.2 Å². The molecule has 0 saturated heterocycles. The molecule has 0 radical (unpaired) electrons. The van der Waals surface area contributed by atoms with Crippen molar-refractivity contribution in [2.75, 3.05) is 72.5 Å². The number of nitrogens with one attached hydrogen (secondary N) is 6. The minimum absolute atomic E-state index is 0.0302. The minimum atomic E-state index is -1.47. The average Bonchev–Trinajstić information content (AvgIpc) is 3.14. The van der Waals surface area contributed by atoms with Gasteiger partial charge in [-0.3, -0.25) is 39.4 Å². The molecule has 0 fully saturated rings. The van der Waals surface area contributed by atoms with E-state index < -0.39 is 78.6 Å². The molecule has 0 saturated carbocycles. The Bertz CT molecular complexity index is 1270. The van der Waals surface area contributed by atoms with Crippen LogP contribution in [0.25, 0.3) is 0 Å². The number of hydrazine groups is 1. The molecule has 0 aliphatic carbocycles. The zero-order valence-electron chi connectivity index (χ0n) is 31.9. The highest BCUT2D eigenvalue weighted by atomic mass is 16.5. The van der Waals surface area contributed by atoms with Gasteiger partial charge in [0.25, 0.3) is 0 Å². The van der Waals surface area contributed by atoms with Gasteiger partial charge < -0.3 is 66.6 Å². The summed E-state index contributed by atoms with van der Waals surface area (Å²) in [6.07, 6.45) is 0.450. The van der Waals surface area contributed by atoms with Crippen LogP contribution >= 0.6 is 0 Å². The second-order valence-electron chi connectivity index (χ2n) is 12.2. The van der Waals surface area contributed by atoms with Gasteiger partial charge in [0.2, 0.25) is 35.4 Å². The maximum atomic E-state index is 12.4. The molecule has 57 heavy (non-hydrogen) atoms. The van der Waals surface area contributed by atoms with E-state index in [0.29, 0.717) is 19.3 Å². The highest BCUT2D eigenvalue weighted by Crippen LogP contribution is 2.04. The van der Waals surface area contributed by atoms with Gasteiger partial charge in [-0.05, 0) is 38.5 Å². The molecule has 0 aliphatic heterocycles. The Labute approximate surface area is 329 Å². The Balaban J connectivity index is 4.06. The lowest BCUT2D eigenvalue weighted by Gasteiger charge is -2.17. The van der Waals surface area contributed by atoms with Crippen LogP contribution < -0.4 is 43.6 Å². The zero-order valence-corrected chi connectivity index (χ0v) is 31.9. The van der Waals surface area contributed by atoms with Crippen molar-refractivity contribution in [2.45, 2.75) is 82.3 Å². The summed E-state index contributed by atoms with van der Waals surface area (Å²) in [6.45, 7) is 0.661. The van der Waals surface area contributed by atoms with E-state index in [1.807, 2.05) is 0 Å². The fraction of sp³-hybridized carbons (Fsp3) is 0.727. The molecule has 3 atom stereocenters. The molecule has 326 valence electrons. The second kappa shape index (κ2) is 33.2. The van der Waals surface area contributed by atoms with Crippen LogP contribution in [-0.4, -0.2) is 159 Å². The van der Waals surface area contributed by atoms with E-state index >= 15 is 0 Å². The van der Waals surface area contributed by atoms with Crippen molar-refractivity contribution < 1.29 is 77.4 Å². The van der Waals surface area contributed by atoms with Crippen LogP contribution in [0.3, 0.4) is 0 Å². The monoisotopic (exact) mass is 822 g/mol. The summed E-state index contributed by atoms with van der Waals surface area (Å²) in [5.41, 5.74) is 7.46. The van der Waals surface area contributed by atoms with Crippen molar-refractivity contribution in [3.8, 4) is 0 Å². The van der Waals surface area contributed by atoms with Crippen LogP contribution in [0.15, 0.2) is 0 Å². The van der Waals surface area contributed by atoms with E-state index in [-0.39, 0.29) is 110 Å². The molecule has 0 bridgehead atoms. The lowest BCUT2D eigenvalue weighted by atomic mass is 10.1. The van der Waals surface area contributed by atoms with Crippen molar-refractivity contribution in [2.24, 2.45) is 11.6 Å². The number of carboxylic acid groups (broad SMARTS) is 3. The van der Waals surface area contributed by atoms with Gasteiger partial charge >= 0.3 is 17.9 Å². The molecule has 0 aromatic rings. The molecular weight excluding hydrogens is 764 g/mol. The Morgan fingerprint density at radius 2 is 0.947 bits per heavy atom. The minimum Gasteiger partial charge on any atom is -0.481 e. The van der Waals surface area contributed by atoms with Gasteiger partial charge in [-0.2, -0.15) is 0 Å². The highest BCUT2D eigenvalue weighted by Gasteiger charge is 2.24. The van der Waals surface area contributed by atoms with E-state index in [1.54, 1.807) is 0 Å². The van der Waals surface area contributed by atoms with Gasteiger partial charge in [0.1, 0.15) is 25.3 Å². The number of carbonyl (C=O) groups is 9. The summed E-state index contributed by atoms with van der Waals surface area (Å²) >= 11 is 0. The van der Waals surface area contributed by atoms with Crippen molar-refractivity contribution in [3.05, 3.63) is 0 Å². The maximum absolute atomic E-state index is 12.4. The van der Waals surface area contributed by atoms with Gasteiger partial charge in [-0.25, -0.2) is 15.0 Å². The summed E-state index contributed by atoms with van der Waals surface area (Å²) < 4.78 is 20.9. The Morgan fingerprint density at radius 3 is 1.47 bits per heavy atom. The molecule has 0 rings (SSSR count). The predicted octanol–water partition coefficient (Wildman–Crippen LogP) is -4.16. The van der Waals surface area contributed by atoms with Crippen molar-refractivity contribution in [1.82, 2.24) is 32.0 Å². The average molecular weight is 823 g/mol. The van der Waals surface area contributed by atoms with Crippen LogP contribution in [0.2, 0.25) is 0 Å². The molecule has 24 nitrogen and oxygen atoms in total. The molecule has 0 aliphatic rings. The Hall–Kier alpha value is -5.01. The van der Waals surface area contributed by atoms with Gasteiger partial charge in [0.05, 0.1) is 45.7 Å². The summed E-state index contributed by atoms with van der Waals surface area (Å²) in [6, 6.07) is -3.59. The Morgan fingerprint density at radius 1 is 0.474 bits per heavy atom. The fourth-order valence-corrected chi connectivity index (χ4v) is 4.50. The number of rotatable bonds is 37. The largest absolute Gasteiger partial charge is 0.481 e. The van der Waals surface area contributed by atoms with E-state index in [1.165, 1.54) is 0 Å². The third kappa shape index (κ3) is 30.8. The topological polar surface area (TPSA) is 375 Å². The SMILES string of the molecule is NNC(CCCCNC(=O)CCC(NC(=O)CCC(NC(=O)COCCOCCNC(=O)COCCOCCNC(=O)CCCC(=O)O)C(=O)O)C(=O)O)C(N)=O. The zero-order chi connectivity index (χ0) is 42.8. The lowest BCUT2D eigenvalue weighted by Crippen LogP contribution is -2.45. The number of ether oxygens (including phenoxy) is 4. The number of hydrogen-bond donors (Lipinski definition) is 11. The molecular formula is C33H58N8O16. The summed E-state index contributed by atoms with van der Waals surface area (Å²) in [5.74, 6) is -1.86. The van der Waals surface area contributed by atoms with Crippen molar-refractivity contribution in [1.29, 1.82) is 0 Å². The van der Waals surface area contributed by atoms with Crippen LogP contribution in [0.4, 0.5) is 0 Å². The number of nitrogens with two attached hydrogens (primary N) is 2. The first-order valence-electron chi connectivity index (χ1n) is 18.3. The second-order valence-corrected chi connectivity index (χ2v) is 12.2. The molecule has 0 spiro atoms. The van der Waals surface area contributed by atoms with Crippen molar-refractivity contribution >= 4 is 53.4 Å². The quantitative estimate of drug-likeness (QED) is 0.0161. The molecule has 13 N–H and O–H groups in total. The number of aliphatic carboxylic acids is 3. The third-order valence-corrected chi connectivity index (χ3v) is 7.52. The lowest BCUT2D eigenvalue weighted by molar-refractivity contribution is -0.144. The molecule has 0 heterocycles. The first kappa shape index (κ1) is 52.0. The van der Waals surface area contributed by atoms with Gasteiger partial charge in [-0.15, -0.1) is 0 Å². The number of amides is 6. The highest BCUT2D eigenvalue weighted by molar-refractivity contribution is 5.87. The molecule has 24 heteroatoms. The van der Waals surface area contributed by atoms with E-state index in [4.69, 9.17) is 35.6 Å². The first-order chi connectivity index (χ1) is 27.2. The van der Waals surface area contributed by atoms with Gasteiger partial charge in [-0.1, -0.05) is 0 Å². The van der Waals surface area contributed by atoms with Crippen molar-refractivity contribution in [3.63, 3.8) is 0 Å². The first-order valence-corrected chi connectivity index (χ1v) is 18.3. The summed E-state index contributed by atoms with van der Waals surface area (Å²) in [4.78, 5) is 105. The van der Waals surface area contributed by atoms with Gasteiger partial charge in [0.15, 0.2) is 0 Å². The normalized spacial score (nSPS) is 12.4. The van der Waals surface area contributed by atoms with Crippen LogP contribution in [0, 0.1) is 0 Å². The number of hydrogen-bond acceptors (Lipinski definition) is 15. The van der Waals surface area contributed by atoms with Crippen LogP contribution in [0.5, 0.6) is 0 Å². The number of carbonyl (C=O) groups excluding carboxylic acids is 6. The third-order valence-electron chi connectivity index (χ3n) is 7.52. The summed E-state index contributed by atoms with van der Waals surface area (Å²) in [5, 5.41) is 39.7. The summed E-state index contributed by atoms with van der Waals surface area (Å²) in [7, 11) is 0. The Kier molecular flexibility index (Phi) is 30.2. The van der Waals surface area contributed by atoms with Gasteiger partial charge in [0, 0.05) is 45.3 Å². The number of primary amides is 1. The molecule has 0 aromatic heterocycles. The predicted molar refractivity (Wildman–Crippen MR) is 196 cm³/mol. The number of carboxylic acids is 3. The molecule has 0 aromatic carbocycles. The standard InChI is InChI=1S/C33H58N8O16/c34-31(49)22(41-35)4-1-2-11-36-26(43)9-7-23(32(50)51)39-27(44)10-8-24(33(52)53)40-29(46)21-57-19-17-55-15-13-38-28(45)20-56-18-16-54-14-12-37-25(42)5-3-6-30(47)48/h22-24,41H,1-21,35H2,(H2,34,49)(H,36,43)(H,37,42)(H,38,45)(H,39,44)(H,40,46)(H,47,48)(H,50,51)(H,52,53).